The Morgan fingerprint density at radius 3 is 2.57 bits per heavy atom. The summed E-state index contributed by atoms with van der Waals surface area (Å²) in [6.45, 7) is 1.74. The smallest absolute Gasteiger partial charge is 0.123 e. The summed E-state index contributed by atoms with van der Waals surface area (Å²) in [4.78, 5) is 0. The number of hydrogen-bond donors (Lipinski definition) is 1. The van der Waals surface area contributed by atoms with Gasteiger partial charge in [0, 0.05) is 6.42 Å². The molecule has 0 aliphatic heterocycles. The van der Waals surface area contributed by atoms with Gasteiger partial charge in [-0.05, 0) is 31.0 Å². The van der Waals surface area contributed by atoms with Crippen LogP contribution in [0, 0.1) is 17.7 Å². The van der Waals surface area contributed by atoms with Gasteiger partial charge in [0.05, 0.1) is 6.10 Å². The van der Waals surface area contributed by atoms with Crippen molar-refractivity contribution in [2.24, 2.45) is 0 Å². The number of halogens is 1. The summed E-state index contributed by atoms with van der Waals surface area (Å²) in [6, 6.07) is 6.15. The Kier molecular flexibility index (Phi) is 4.15. The molecule has 0 aliphatic carbocycles. The Balaban J connectivity index is 2.50. The second kappa shape index (κ2) is 5.41. The van der Waals surface area contributed by atoms with Crippen molar-refractivity contribution in [2.75, 3.05) is 0 Å². The highest BCUT2D eigenvalue weighted by atomic mass is 19.1. The summed E-state index contributed by atoms with van der Waals surface area (Å²) in [7, 11) is 0. The van der Waals surface area contributed by atoms with Crippen LogP contribution in [0.4, 0.5) is 4.39 Å². The molecule has 0 bridgehead atoms. The van der Waals surface area contributed by atoms with E-state index in [9.17, 15) is 9.50 Å². The maximum atomic E-state index is 12.5. The molecule has 1 N–H and O–H groups in total. The molecule has 1 unspecified atom stereocenters. The minimum Gasteiger partial charge on any atom is -0.392 e. The minimum atomic E-state index is -0.465. The summed E-state index contributed by atoms with van der Waals surface area (Å²) in [5.41, 5.74) is 0.928. The van der Waals surface area contributed by atoms with Crippen LogP contribution >= 0.6 is 0 Å². The first kappa shape index (κ1) is 10.7. The van der Waals surface area contributed by atoms with E-state index < -0.39 is 6.10 Å². The number of aliphatic hydroxyl groups excluding tert-OH is 1. The second-order valence-corrected chi connectivity index (χ2v) is 3.12. The van der Waals surface area contributed by atoms with Crippen molar-refractivity contribution in [3.05, 3.63) is 35.6 Å². The number of benzene rings is 1. The lowest BCUT2D eigenvalue weighted by molar-refractivity contribution is 0.180. The van der Waals surface area contributed by atoms with Gasteiger partial charge >= 0.3 is 0 Å². The highest BCUT2D eigenvalue weighted by Gasteiger charge is 2.03. The van der Waals surface area contributed by atoms with Gasteiger partial charge in [0.25, 0.3) is 0 Å². The fourth-order valence-corrected chi connectivity index (χ4v) is 1.18. The van der Waals surface area contributed by atoms with Crippen LogP contribution in [-0.2, 0) is 6.42 Å². The van der Waals surface area contributed by atoms with E-state index in [4.69, 9.17) is 0 Å². The van der Waals surface area contributed by atoms with Gasteiger partial charge in [0.15, 0.2) is 0 Å². The fraction of sp³-hybridized carbons (Fsp3) is 0.333. The second-order valence-electron chi connectivity index (χ2n) is 3.12. The quantitative estimate of drug-likeness (QED) is 0.727. The summed E-state index contributed by atoms with van der Waals surface area (Å²) in [6.07, 6.45) is 0.524. The summed E-state index contributed by atoms with van der Waals surface area (Å²) < 4.78 is 12.5. The van der Waals surface area contributed by atoms with E-state index in [0.717, 1.165) is 5.56 Å². The summed E-state index contributed by atoms with van der Waals surface area (Å²) >= 11 is 0. The van der Waals surface area contributed by atoms with Crippen molar-refractivity contribution >= 4 is 0 Å². The Morgan fingerprint density at radius 1 is 1.36 bits per heavy atom. The maximum absolute atomic E-state index is 12.5. The summed E-state index contributed by atoms with van der Waals surface area (Å²) in [5, 5.41) is 9.51. The molecule has 1 aromatic carbocycles. The van der Waals surface area contributed by atoms with Crippen LogP contribution in [0.25, 0.3) is 0 Å². The van der Waals surface area contributed by atoms with E-state index in [1.165, 1.54) is 12.1 Å². The third-order valence-corrected chi connectivity index (χ3v) is 1.90. The summed E-state index contributed by atoms with van der Waals surface area (Å²) in [5.74, 6) is 5.28. The largest absolute Gasteiger partial charge is 0.392 e. The van der Waals surface area contributed by atoms with E-state index in [-0.39, 0.29) is 5.82 Å². The SMILES string of the molecule is CC#CCC(O)Cc1ccc(F)cc1. The first-order chi connectivity index (χ1) is 6.72. The average molecular weight is 192 g/mol. The molecule has 0 radical (unpaired) electrons. The predicted molar refractivity (Wildman–Crippen MR) is 54.2 cm³/mol. The molecule has 14 heavy (non-hydrogen) atoms. The average Bonchev–Trinajstić information content (AvgIpc) is 2.18. The predicted octanol–water partition coefficient (Wildman–Crippen LogP) is 2.14. The Bertz CT molecular complexity index is 332. The highest BCUT2D eigenvalue weighted by Crippen LogP contribution is 2.07. The van der Waals surface area contributed by atoms with Gasteiger partial charge in [-0.3, -0.25) is 0 Å². The van der Waals surface area contributed by atoms with Crippen molar-refractivity contribution in [1.29, 1.82) is 0 Å². The van der Waals surface area contributed by atoms with E-state index >= 15 is 0 Å². The Morgan fingerprint density at radius 2 is 2.00 bits per heavy atom. The van der Waals surface area contributed by atoms with Crippen LogP contribution in [0.5, 0.6) is 0 Å². The van der Waals surface area contributed by atoms with Crippen LogP contribution in [-0.4, -0.2) is 11.2 Å². The Labute approximate surface area is 83.6 Å². The van der Waals surface area contributed by atoms with Gasteiger partial charge < -0.3 is 5.11 Å². The number of hydrogen-bond acceptors (Lipinski definition) is 1. The zero-order valence-corrected chi connectivity index (χ0v) is 8.13. The monoisotopic (exact) mass is 192 g/mol. The van der Waals surface area contributed by atoms with Crippen LogP contribution in [0.3, 0.4) is 0 Å². The molecule has 0 spiro atoms. The molecule has 0 saturated heterocycles. The van der Waals surface area contributed by atoms with E-state index in [0.29, 0.717) is 12.8 Å². The molecule has 0 fully saturated rings. The van der Waals surface area contributed by atoms with Crippen LogP contribution in [0.1, 0.15) is 18.9 Å². The first-order valence-electron chi connectivity index (χ1n) is 4.54. The van der Waals surface area contributed by atoms with Gasteiger partial charge in [-0.1, -0.05) is 12.1 Å². The highest BCUT2D eigenvalue weighted by molar-refractivity contribution is 5.17. The molecule has 74 valence electrons. The Hall–Kier alpha value is -1.33. The van der Waals surface area contributed by atoms with Crippen LogP contribution < -0.4 is 0 Å². The lowest BCUT2D eigenvalue weighted by atomic mass is 10.1. The molecule has 1 atom stereocenters. The third-order valence-electron chi connectivity index (χ3n) is 1.90. The van der Waals surface area contributed by atoms with Crippen molar-refractivity contribution in [2.45, 2.75) is 25.9 Å². The zero-order valence-electron chi connectivity index (χ0n) is 8.13. The normalized spacial score (nSPS) is 11.6. The van der Waals surface area contributed by atoms with Gasteiger partial charge in [0.1, 0.15) is 5.82 Å². The molecule has 0 saturated carbocycles. The molecule has 0 aromatic heterocycles. The van der Waals surface area contributed by atoms with E-state index in [1.807, 2.05) is 0 Å². The van der Waals surface area contributed by atoms with Crippen molar-refractivity contribution < 1.29 is 9.50 Å². The van der Waals surface area contributed by atoms with Gasteiger partial charge in [-0.15, -0.1) is 11.8 Å². The van der Waals surface area contributed by atoms with Crippen molar-refractivity contribution in [3.8, 4) is 11.8 Å². The van der Waals surface area contributed by atoms with Crippen molar-refractivity contribution in [3.63, 3.8) is 0 Å². The molecule has 2 heteroatoms. The molecule has 0 amide bonds. The topological polar surface area (TPSA) is 20.2 Å². The van der Waals surface area contributed by atoms with Crippen molar-refractivity contribution in [1.82, 2.24) is 0 Å². The fourth-order valence-electron chi connectivity index (χ4n) is 1.18. The van der Waals surface area contributed by atoms with E-state index in [1.54, 1.807) is 19.1 Å². The first-order valence-corrected chi connectivity index (χ1v) is 4.54. The molecule has 1 nitrogen and oxygen atoms in total. The lowest BCUT2D eigenvalue weighted by Gasteiger charge is -2.06. The molecule has 0 heterocycles. The van der Waals surface area contributed by atoms with Crippen LogP contribution in [0.2, 0.25) is 0 Å². The molecular formula is C12H13FO. The maximum Gasteiger partial charge on any atom is 0.123 e. The third kappa shape index (κ3) is 3.59. The molecule has 0 aliphatic rings. The van der Waals surface area contributed by atoms with Gasteiger partial charge in [-0.2, -0.15) is 0 Å². The van der Waals surface area contributed by atoms with Crippen LogP contribution in [0.15, 0.2) is 24.3 Å². The van der Waals surface area contributed by atoms with E-state index in [2.05, 4.69) is 11.8 Å². The van der Waals surface area contributed by atoms with Gasteiger partial charge in [-0.25, -0.2) is 4.39 Å². The molecule has 1 aromatic rings. The lowest BCUT2D eigenvalue weighted by Crippen LogP contribution is -2.09. The number of rotatable bonds is 3. The zero-order chi connectivity index (χ0) is 10.4. The minimum absolute atomic E-state index is 0.253. The number of aliphatic hydroxyl groups is 1. The molecule has 1 rings (SSSR count). The van der Waals surface area contributed by atoms with Gasteiger partial charge in [0.2, 0.25) is 0 Å². The molecular weight excluding hydrogens is 179 g/mol. The standard InChI is InChI=1S/C12H13FO/c1-2-3-4-12(14)9-10-5-7-11(13)8-6-10/h5-8,12,14H,4,9H2,1H3.